The molecule has 2 aromatic rings. The van der Waals surface area contributed by atoms with Gasteiger partial charge in [0.1, 0.15) is 12.2 Å². The highest BCUT2D eigenvalue weighted by Crippen LogP contribution is 2.11. The second kappa shape index (κ2) is 8.67. The zero-order valence-corrected chi connectivity index (χ0v) is 14.3. The summed E-state index contributed by atoms with van der Waals surface area (Å²) in [5.41, 5.74) is 7.89. The normalized spacial score (nSPS) is 10.3. The lowest BCUT2D eigenvalue weighted by atomic mass is 10.2. The smallest absolute Gasteiger partial charge is 0.325 e. The summed E-state index contributed by atoms with van der Waals surface area (Å²) in [6, 6.07) is 6.84. The predicted octanol–water partition coefficient (Wildman–Crippen LogP) is 0.672. The lowest BCUT2D eigenvalue weighted by Crippen LogP contribution is -2.41. The van der Waals surface area contributed by atoms with E-state index in [0.717, 1.165) is 5.56 Å². The Balaban J connectivity index is 2.06. The highest BCUT2D eigenvalue weighted by molar-refractivity contribution is 5.80. The molecule has 0 fully saturated rings. The molecule has 134 valence electrons. The van der Waals surface area contributed by atoms with Crippen molar-refractivity contribution in [2.24, 2.45) is 7.05 Å². The van der Waals surface area contributed by atoms with Crippen LogP contribution in [0.25, 0.3) is 0 Å². The number of aryl methyl sites for hydroxylation is 1. The molecule has 0 spiro atoms. The Morgan fingerprint density at radius 1 is 1.28 bits per heavy atom. The van der Waals surface area contributed by atoms with Crippen LogP contribution in [0.2, 0.25) is 0 Å². The summed E-state index contributed by atoms with van der Waals surface area (Å²) in [7, 11) is 1.75. The van der Waals surface area contributed by atoms with E-state index in [9.17, 15) is 9.59 Å². The van der Waals surface area contributed by atoms with E-state index in [1.54, 1.807) is 37.0 Å². The van der Waals surface area contributed by atoms with Crippen LogP contribution in [-0.2, 0) is 29.7 Å². The first kappa shape index (κ1) is 18.2. The fraction of sp³-hybridized carbons (Fsp3) is 0.375. The molecule has 3 N–H and O–H groups in total. The molecule has 0 bridgehead atoms. The Kier molecular flexibility index (Phi) is 6.33. The Morgan fingerprint density at radius 2 is 2.00 bits per heavy atom. The van der Waals surface area contributed by atoms with Crippen molar-refractivity contribution in [3.05, 3.63) is 41.7 Å². The average Bonchev–Trinajstić information content (AvgIpc) is 2.99. The van der Waals surface area contributed by atoms with E-state index in [-0.39, 0.29) is 19.7 Å². The summed E-state index contributed by atoms with van der Waals surface area (Å²) in [6.45, 7) is 2.38. The Labute approximate surface area is 145 Å². The van der Waals surface area contributed by atoms with Gasteiger partial charge in [0.2, 0.25) is 0 Å². The molecule has 1 heterocycles. The summed E-state index contributed by atoms with van der Waals surface area (Å²) in [6.07, 6.45) is 1.73. The molecule has 0 saturated carbocycles. The molecule has 9 heteroatoms. The van der Waals surface area contributed by atoms with Gasteiger partial charge in [-0.3, -0.25) is 9.48 Å². The van der Waals surface area contributed by atoms with Crippen LogP contribution in [0.4, 0.5) is 10.5 Å². The standard InChI is InChI=1S/C16H22N6O3/c1-3-25-15(23)8-18-16(24)22(11-14-10-21(2)20-19-14)9-12-4-6-13(17)7-5-12/h4-7,10H,3,8-9,11,17H2,1-2H3,(H,18,24). The Hall–Kier alpha value is -3.10. The monoisotopic (exact) mass is 346 g/mol. The number of carbonyl (C=O) groups is 2. The molecule has 1 aromatic carbocycles. The van der Waals surface area contributed by atoms with Gasteiger partial charge in [-0.25, -0.2) is 4.79 Å². The lowest BCUT2D eigenvalue weighted by molar-refractivity contribution is -0.141. The SMILES string of the molecule is CCOC(=O)CNC(=O)N(Cc1ccc(N)cc1)Cc1cn(C)nn1. The summed E-state index contributed by atoms with van der Waals surface area (Å²) >= 11 is 0. The highest BCUT2D eigenvalue weighted by atomic mass is 16.5. The predicted molar refractivity (Wildman–Crippen MR) is 91.1 cm³/mol. The van der Waals surface area contributed by atoms with E-state index < -0.39 is 12.0 Å². The van der Waals surface area contributed by atoms with Crippen LogP contribution in [0.1, 0.15) is 18.2 Å². The summed E-state index contributed by atoms with van der Waals surface area (Å²) < 4.78 is 6.38. The molecule has 2 rings (SSSR count). The molecule has 1 aromatic heterocycles. The number of aromatic nitrogens is 3. The number of anilines is 1. The summed E-state index contributed by atoms with van der Waals surface area (Å²) in [5, 5.41) is 10.4. The first-order chi connectivity index (χ1) is 12.0. The molecule has 2 amide bonds. The third-order valence-corrected chi connectivity index (χ3v) is 3.33. The van der Waals surface area contributed by atoms with Crippen LogP contribution < -0.4 is 11.1 Å². The maximum Gasteiger partial charge on any atom is 0.325 e. The minimum atomic E-state index is -0.484. The fourth-order valence-electron chi connectivity index (χ4n) is 2.18. The van der Waals surface area contributed by atoms with Crippen molar-refractivity contribution in [1.29, 1.82) is 0 Å². The third-order valence-electron chi connectivity index (χ3n) is 3.33. The fourth-order valence-corrected chi connectivity index (χ4v) is 2.18. The number of nitrogen functional groups attached to an aromatic ring is 1. The van der Waals surface area contributed by atoms with Crippen LogP contribution in [0.15, 0.2) is 30.5 Å². The zero-order chi connectivity index (χ0) is 18.2. The highest BCUT2D eigenvalue weighted by Gasteiger charge is 2.17. The van der Waals surface area contributed by atoms with E-state index in [2.05, 4.69) is 15.6 Å². The summed E-state index contributed by atoms with van der Waals surface area (Å²) in [4.78, 5) is 25.4. The number of nitrogens with one attached hydrogen (secondary N) is 1. The number of amides is 2. The van der Waals surface area contributed by atoms with Crippen LogP contribution in [0.3, 0.4) is 0 Å². The van der Waals surface area contributed by atoms with Crippen molar-refractivity contribution >= 4 is 17.7 Å². The summed E-state index contributed by atoms with van der Waals surface area (Å²) in [5.74, 6) is -0.484. The van der Waals surface area contributed by atoms with Gasteiger partial charge in [0.15, 0.2) is 0 Å². The van der Waals surface area contributed by atoms with Crippen LogP contribution in [-0.4, -0.2) is 45.0 Å². The number of hydrogen-bond acceptors (Lipinski definition) is 6. The van der Waals surface area contributed by atoms with Gasteiger partial charge in [0.05, 0.1) is 13.2 Å². The number of rotatable bonds is 7. The molecule has 0 radical (unpaired) electrons. The van der Waals surface area contributed by atoms with Gasteiger partial charge in [-0.05, 0) is 24.6 Å². The number of ether oxygens (including phenoxy) is 1. The second-order valence-electron chi connectivity index (χ2n) is 5.44. The average molecular weight is 346 g/mol. The van der Waals surface area contributed by atoms with Crippen molar-refractivity contribution in [3.8, 4) is 0 Å². The van der Waals surface area contributed by atoms with Gasteiger partial charge < -0.3 is 20.7 Å². The van der Waals surface area contributed by atoms with E-state index >= 15 is 0 Å². The van der Waals surface area contributed by atoms with Crippen molar-refractivity contribution in [3.63, 3.8) is 0 Å². The van der Waals surface area contributed by atoms with Crippen LogP contribution >= 0.6 is 0 Å². The number of nitrogens with two attached hydrogens (primary N) is 1. The number of carbonyl (C=O) groups excluding carboxylic acids is 2. The molecule has 0 atom stereocenters. The molecular formula is C16H22N6O3. The third kappa shape index (κ3) is 5.79. The molecule has 0 aliphatic carbocycles. The molecule has 25 heavy (non-hydrogen) atoms. The largest absolute Gasteiger partial charge is 0.465 e. The molecule has 0 aliphatic heterocycles. The van der Waals surface area contributed by atoms with Gasteiger partial charge in [-0.1, -0.05) is 17.3 Å². The van der Waals surface area contributed by atoms with E-state index in [4.69, 9.17) is 10.5 Å². The number of hydrogen-bond donors (Lipinski definition) is 2. The number of benzene rings is 1. The number of esters is 1. The maximum absolute atomic E-state index is 12.5. The van der Waals surface area contributed by atoms with Crippen LogP contribution in [0, 0.1) is 0 Å². The molecular weight excluding hydrogens is 324 g/mol. The molecule has 0 saturated heterocycles. The van der Waals surface area contributed by atoms with Crippen molar-refractivity contribution in [2.75, 3.05) is 18.9 Å². The van der Waals surface area contributed by atoms with E-state index in [1.807, 2.05) is 12.1 Å². The van der Waals surface area contributed by atoms with Gasteiger partial charge in [0.25, 0.3) is 0 Å². The maximum atomic E-state index is 12.5. The molecule has 0 unspecified atom stereocenters. The topological polar surface area (TPSA) is 115 Å². The first-order valence-corrected chi connectivity index (χ1v) is 7.86. The first-order valence-electron chi connectivity index (χ1n) is 7.86. The minimum absolute atomic E-state index is 0.189. The molecule has 9 nitrogen and oxygen atoms in total. The minimum Gasteiger partial charge on any atom is -0.465 e. The second-order valence-corrected chi connectivity index (χ2v) is 5.44. The number of urea groups is 1. The van der Waals surface area contributed by atoms with Gasteiger partial charge >= 0.3 is 12.0 Å². The van der Waals surface area contributed by atoms with Crippen LogP contribution in [0.5, 0.6) is 0 Å². The van der Waals surface area contributed by atoms with Crippen molar-refractivity contribution < 1.29 is 14.3 Å². The Morgan fingerprint density at radius 3 is 2.60 bits per heavy atom. The zero-order valence-electron chi connectivity index (χ0n) is 14.3. The molecule has 0 aliphatic rings. The Bertz CT molecular complexity index is 713. The van der Waals surface area contributed by atoms with E-state index in [0.29, 0.717) is 17.9 Å². The van der Waals surface area contributed by atoms with Gasteiger partial charge in [0, 0.05) is 25.5 Å². The lowest BCUT2D eigenvalue weighted by Gasteiger charge is -2.22. The van der Waals surface area contributed by atoms with E-state index in [1.165, 1.54) is 4.90 Å². The quantitative estimate of drug-likeness (QED) is 0.562. The van der Waals surface area contributed by atoms with Crippen molar-refractivity contribution in [1.82, 2.24) is 25.2 Å². The van der Waals surface area contributed by atoms with Gasteiger partial charge in [-0.15, -0.1) is 5.10 Å². The number of nitrogens with zero attached hydrogens (tertiary/aromatic N) is 4. The van der Waals surface area contributed by atoms with Crippen molar-refractivity contribution in [2.45, 2.75) is 20.0 Å². The van der Waals surface area contributed by atoms with Gasteiger partial charge in [-0.2, -0.15) is 0 Å².